The summed E-state index contributed by atoms with van der Waals surface area (Å²) in [4.78, 5) is 9.92. The average Bonchev–Trinajstić information content (AvgIpc) is 3.22. The molecule has 0 radical (unpaired) electrons. The van der Waals surface area contributed by atoms with Crippen molar-refractivity contribution in [3.63, 3.8) is 0 Å². The molecule has 3 saturated heterocycles. The summed E-state index contributed by atoms with van der Waals surface area (Å²) in [6.07, 6.45) is 7.92. The van der Waals surface area contributed by atoms with Gasteiger partial charge in [0.2, 0.25) is 0 Å². The molecule has 3 aliphatic rings. The minimum Gasteiger partial charge on any atom is -0.375 e. The van der Waals surface area contributed by atoms with E-state index in [1.807, 2.05) is 0 Å². The molecule has 0 amide bonds. The Morgan fingerprint density at radius 2 is 1.89 bits per heavy atom. The molecule has 0 aromatic heterocycles. The highest BCUT2D eigenvalue weighted by Crippen LogP contribution is 2.21. The van der Waals surface area contributed by atoms with E-state index in [1.54, 1.807) is 0 Å². The zero-order valence-corrected chi connectivity index (χ0v) is 20.2. The molecule has 3 atom stereocenters. The van der Waals surface area contributed by atoms with Crippen LogP contribution < -0.4 is 5.32 Å². The fourth-order valence-corrected chi connectivity index (χ4v) is 4.54. The number of nitrogens with zero attached hydrogens (tertiary/aromatic N) is 3. The first-order valence-corrected chi connectivity index (χ1v) is 11.2. The highest BCUT2D eigenvalue weighted by atomic mass is 127. The van der Waals surface area contributed by atoms with E-state index in [1.165, 1.54) is 45.3 Å². The standard InChI is InChI=1S/C21H40N4O2.HI/c1-3-22-21(23-10-4-5-11-24-12-6-8-18(2)16-24)25-13-15-27-20(17-25)19-9-7-14-26-19;/h18-20H,3-17H2,1-2H3,(H,22,23);1H. The molecular formula is C21H41IN4O2. The minimum atomic E-state index is 0. The Morgan fingerprint density at radius 3 is 2.64 bits per heavy atom. The van der Waals surface area contributed by atoms with Crippen LogP contribution in [-0.2, 0) is 9.47 Å². The summed E-state index contributed by atoms with van der Waals surface area (Å²) in [5.74, 6) is 1.92. The van der Waals surface area contributed by atoms with Crippen LogP contribution in [0.2, 0.25) is 0 Å². The third kappa shape index (κ3) is 7.61. The van der Waals surface area contributed by atoms with Gasteiger partial charge in [0.25, 0.3) is 0 Å². The van der Waals surface area contributed by atoms with Gasteiger partial charge in [-0.25, -0.2) is 0 Å². The van der Waals surface area contributed by atoms with E-state index in [9.17, 15) is 0 Å². The van der Waals surface area contributed by atoms with E-state index in [0.717, 1.165) is 64.1 Å². The van der Waals surface area contributed by atoms with Crippen molar-refractivity contribution in [1.82, 2.24) is 15.1 Å². The summed E-state index contributed by atoms with van der Waals surface area (Å²) in [5.41, 5.74) is 0. The first kappa shape index (κ1) is 24.2. The van der Waals surface area contributed by atoms with Crippen molar-refractivity contribution in [3.05, 3.63) is 0 Å². The molecule has 0 aromatic rings. The minimum absolute atomic E-state index is 0. The fraction of sp³-hybridized carbons (Fsp3) is 0.952. The van der Waals surface area contributed by atoms with Crippen LogP contribution in [0.4, 0.5) is 0 Å². The number of guanidine groups is 1. The number of piperidine rings is 1. The molecule has 0 aliphatic carbocycles. The van der Waals surface area contributed by atoms with Crippen LogP contribution in [0.25, 0.3) is 0 Å². The number of nitrogens with one attached hydrogen (secondary N) is 1. The summed E-state index contributed by atoms with van der Waals surface area (Å²) in [7, 11) is 0. The third-order valence-electron chi connectivity index (χ3n) is 5.99. The molecule has 3 unspecified atom stereocenters. The smallest absolute Gasteiger partial charge is 0.194 e. The lowest BCUT2D eigenvalue weighted by molar-refractivity contribution is -0.0817. The SMILES string of the molecule is CCNC(=NCCCCN1CCCC(C)C1)N1CCOC(C2CCCO2)C1.I. The number of likely N-dealkylation sites (tertiary alicyclic amines) is 1. The second kappa shape index (κ2) is 13.2. The molecule has 7 heteroatoms. The Kier molecular flexibility index (Phi) is 11.4. The van der Waals surface area contributed by atoms with Gasteiger partial charge in [-0.2, -0.15) is 0 Å². The topological polar surface area (TPSA) is 49.3 Å². The van der Waals surface area contributed by atoms with E-state index in [-0.39, 0.29) is 36.2 Å². The highest BCUT2D eigenvalue weighted by molar-refractivity contribution is 14.0. The molecule has 0 bridgehead atoms. The summed E-state index contributed by atoms with van der Waals surface area (Å²) < 4.78 is 11.8. The van der Waals surface area contributed by atoms with Crippen molar-refractivity contribution in [1.29, 1.82) is 0 Å². The maximum Gasteiger partial charge on any atom is 0.194 e. The average molecular weight is 508 g/mol. The molecule has 3 fully saturated rings. The fourth-order valence-electron chi connectivity index (χ4n) is 4.54. The first-order valence-electron chi connectivity index (χ1n) is 11.2. The van der Waals surface area contributed by atoms with Crippen molar-refractivity contribution >= 4 is 29.9 Å². The summed E-state index contributed by atoms with van der Waals surface area (Å²) in [6, 6.07) is 0. The number of aliphatic imine (C=N–C) groups is 1. The van der Waals surface area contributed by atoms with E-state index >= 15 is 0 Å². The molecule has 0 saturated carbocycles. The maximum atomic E-state index is 5.98. The van der Waals surface area contributed by atoms with Gasteiger partial charge in [0.1, 0.15) is 6.10 Å². The summed E-state index contributed by atoms with van der Waals surface area (Å²) in [6.45, 7) is 13.6. The van der Waals surface area contributed by atoms with Gasteiger partial charge in [-0.05, 0) is 64.5 Å². The zero-order valence-electron chi connectivity index (χ0n) is 17.9. The van der Waals surface area contributed by atoms with Gasteiger partial charge < -0.3 is 24.6 Å². The molecule has 28 heavy (non-hydrogen) atoms. The van der Waals surface area contributed by atoms with Crippen LogP contribution in [0, 0.1) is 5.92 Å². The van der Waals surface area contributed by atoms with Gasteiger partial charge in [0.05, 0.1) is 12.7 Å². The van der Waals surface area contributed by atoms with Gasteiger partial charge >= 0.3 is 0 Å². The van der Waals surface area contributed by atoms with Gasteiger partial charge in [-0.3, -0.25) is 4.99 Å². The van der Waals surface area contributed by atoms with Crippen LogP contribution in [0.1, 0.15) is 52.4 Å². The van der Waals surface area contributed by atoms with Crippen molar-refractivity contribution in [2.75, 3.05) is 59.0 Å². The lowest BCUT2D eigenvalue weighted by atomic mass is 10.0. The number of rotatable bonds is 7. The molecule has 3 rings (SSSR count). The molecule has 3 aliphatic heterocycles. The predicted molar refractivity (Wildman–Crippen MR) is 126 cm³/mol. The number of halogens is 1. The normalized spacial score (nSPS) is 29.6. The first-order chi connectivity index (χ1) is 13.3. The Morgan fingerprint density at radius 1 is 1.04 bits per heavy atom. The van der Waals surface area contributed by atoms with Gasteiger partial charge in [-0.1, -0.05) is 6.92 Å². The van der Waals surface area contributed by atoms with Crippen LogP contribution in [-0.4, -0.2) is 87.0 Å². The number of unbranched alkanes of at least 4 members (excludes halogenated alkanes) is 1. The number of hydrogen-bond donors (Lipinski definition) is 1. The van der Waals surface area contributed by atoms with Gasteiger partial charge in [-0.15, -0.1) is 24.0 Å². The Hall–Kier alpha value is -0.120. The Bertz CT molecular complexity index is 460. The summed E-state index contributed by atoms with van der Waals surface area (Å²) >= 11 is 0. The van der Waals surface area contributed by atoms with Crippen molar-refractivity contribution in [3.8, 4) is 0 Å². The van der Waals surface area contributed by atoms with Crippen molar-refractivity contribution in [2.45, 2.75) is 64.6 Å². The summed E-state index contributed by atoms with van der Waals surface area (Å²) in [5, 5.41) is 3.48. The highest BCUT2D eigenvalue weighted by Gasteiger charge is 2.32. The molecular weight excluding hydrogens is 467 g/mol. The largest absolute Gasteiger partial charge is 0.375 e. The number of ether oxygens (including phenoxy) is 2. The maximum absolute atomic E-state index is 5.98. The van der Waals surface area contributed by atoms with Crippen molar-refractivity contribution in [2.24, 2.45) is 10.9 Å². The Labute approximate surface area is 188 Å². The van der Waals surface area contributed by atoms with Crippen molar-refractivity contribution < 1.29 is 9.47 Å². The Balaban J connectivity index is 0.00000280. The molecule has 6 nitrogen and oxygen atoms in total. The van der Waals surface area contributed by atoms with Crippen LogP contribution in [0.5, 0.6) is 0 Å². The number of hydrogen-bond acceptors (Lipinski definition) is 4. The molecule has 0 aromatic carbocycles. The van der Waals surface area contributed by atoms with Crippen LogP contribution in [0.3, 0.4) is 0 Å². The molecule has 164 valence electrons. The number of morpholine rings is 1. The lowest BCUT2D eigenvalue weighted by Gasteiger charge is -2.37. The zero-order chi connectivity index (χ0) is 18.9. The third-order valence-corrected chi connectivity index (χ3v) is 5.99. The van der Waals surface area contributed by atoms with E-state index in [4.69, 9.17) is 14.5 Å². The monoisotopic (exact) mass is 508 g/mol. The van der Waals surface area contributed by atoms with Gasteiger partial charge in [0, 0.05) is 39.3 Å². The van der Waals surface area contributed by atoms with Crippen LogP contribution in [0.15, 0.2) is 4.99 Å². The predicted octanol–water partition coefficient (Wildman–Crippen LogP) is 2.96. The second-order valence-electron chi connectivity index (χ2n) is 8.40. The van der Waals surface area contributed by atoms with Crippen LogP contribution >= 0.6 is 24.0 Å². The second-order valence-corrected chi connectivity index (χ2v) is 8.40. The lowest BCUT2D eigenvalue weighted by Crippen LogP contribution is -2.53. The quantitative estimate of drug-likeness (QED) is 0.248. The van der Waals surface area contributed by atoms with E-state index in [2.05, 4.69) is 29.0 Å². The van der Waals surface area contributed by atoms with E-state index < -0.39 is 0 Å². The molecule has 1 N–H and O–H groups in total. The molecule has 0 spiro atoms. The van der Waals surface area contributed by atoms with E-state index in [0.29, 0.717) is 0 Å². The molecule has 3 heterocycles. The van der Waals surface area contributed by atoms with Gasteiger partial charge in [0.15, 0.2) is 5.96 Å².